The molecule has 1 heterocycles. The van der Waals surface area contributed by atoms with E-state index in [9.17, 15) is 10.2 Å². The van der Waals surface area contributed by atoms with Crippen LogP contribution in [0.15, 0.2) is 0 Å². The molecule has 0 aromatic rings. The van der Waals surface area contributed by atoms with E-state index in [2.05, 4.69) is 33.9 Å². The molecule has 4 nitrogen and oxygen atoms in total. The van der Waals surface area contributed by atoms with E-state index in [1.807, 2.05) is 0 Å². The van der Waals surface area contributed by atoms with Crippen LogP contribution >= 0.6 is 0 Å². The molecular weight excluding hydrogens is 248 g/mol. The third-order valence-electron chi connectivity index (χ3n) is 4.32. The third-order valence-corrected chi connectivity index (χ3v) is 8.81. The van der Waals surface area contributed by atoms with E-state index in [-0.39, 0.29) is 17.7 Å². The molecule has 0 bridgehead atoms. The van der Waals surface area contributed by atoms with Gasteiger partial charge in [0.15, 0.2) is 8.32 Å². The largest absolute Gasteiger partial charge is 0.411 e. The molecule has 1 rings (SSSR count). The zero-order valence-corrected chi connectivity index (χ0v) is 13.3. The first-order valence-corrected chi connectivity index (χ1v) is 9.62. The summed E-state index contributed by atoms with van der Waals surface area (Å²) < 4.78 is 11.7. The third kappa shape index (κ3) is 3.54. The molecule has 0 aromatic carbocycles. The molecule has 1 fully saturated rings. The van der Waals surface area contributed by atoms with Crippen LogP contribution in [0.4, 0.5) is 0 Å². The standard InChI is InChI=1S/C13H28O4Si/c1-12(2,3)18(4,5)17-11-6-8-16-9-7-13(11,15)10-14/h11,14-15H,6-10H2,1-5H3. The second-order valence-corrected chi connectivity index (χ2v) is 11.5. The maximum Gasteiger partial charge on any atom is 0.192 e. The second kappa shape index (κ2) is 5.59. The smallest absolute Gasteiger partial charge is 0.192 e. The molecule has 0 saturated carbocycles. The van der Waals surface area contributed by atoms with Gasteiger partial charge in [0.25, 0.3) is 0 Å². The van der Waals surface area contributed by atoms with Crippen LogP contribution in [-0.2, 0) is 9.16 Å². The lowest BCUT2D eigenvalue weighted by molar-refractivity contribution is -0.100. The molecular formula is C13H28O4Si. The Morgan fingerprint density at radius 3 is 2.44 bits per heavy atom. The number of aliphatic hydroxyl groups excluding tert-OH is 1. The Hall–Kier alpha value is 0.0569. The van der Waals surface area contributed by atoms with Gasteiger partial charge in [-0.15, -0.1) is 0 Å². The number of rotatable bonds is 3. The SMILES string of the molecule is CC(C)(C)[Si](C)(C)OC1CCOCCC1(O)CO. The maximum absolute atomic E-state index is 10.5. The quantitative estimate of drug-likeness (QED) is 0.773. The van der Waals surface area contributed by atoms with E-state index < -0.39 is 13.9 Å². The van der Waals surface area contributed by atoms with Crippen molar-refractivity contribution in [2.45, 2.75) is 63.5 Å². The van der Waals surface area contributed by atoms with Crippen molar-refractivity contribution in [1.29, 1.82) is 0 Å². The van der Waals surface area contributed by atoms with Gasteiger partial charge in [-0.25, -0.2) is 0 Å². The van der Waals surface area contributed by atoms with Gasteiger partial charge < -0.3 is 19.4 Å². The van der Waals surface area contributed by atoms with Crippen molar-refractivity contribution in [3.05, 3.63) is 0 Å². The zero-order chi connectivity index (χ0) is 14.0. The summed E-state index contributed by atoms with van der Waals surface area (Å²) >= 11 is 0. The highest BCUT2D eigenvalue weighted by molar-refractivity contribution is 6.74. The van der Waals surface area contributed by atoms with Crippen LogP contribution in [-0.4, -0.2) is 50.1 Å². The van der Waals surface area contributed by atoms with E-state index in [0.29, 0.717) is 26.1 Å². The van der Waals surface area contributed by atoms with E-state index >= 15 is 0 Å². The van der Waals surface area contributed by atoms with Crippen molar-refractivity contribution in [2.24, 2.45) is 0 Å². The fourth-order valence-electron chi connectivity index (χ4n) is 1.85. The van der Waals surface area contributed by atoms with E-state index in [0.717, 1.165) is 0 Å². The van der Waals surface area contributed by atoms with Crippen LogP contribution in [0.25, 0.3) is 0 Å². The topological polar surface area (TPSA) is 58.9 Å². The first kappa shape index (κ1) is 16.1. The van der Waals surface area contributed by atoms with Crippen LogP contribution in [0.1, 0.15) is 33.6 Å². The summed E-state index contributed by atoms with van der Waals surface area (Å²) in [6.07, 6.45) is 0.748. The molecule has 2 N–H and O–H groups in total. The summed E-state index contributed by atoms with van der Waals surface area (Å²) in [4.78, 5) is 0. The minimum atomic E-state index is -1.95. The van der Waals surface area contributed by atoms with E-state index in [1.54, 1.807) is 0 Å². The molecule has 1 aliphatic rings. The van der Waals surface area contributed by atoms with Crippen LogP contribution in [0, 0.1) is 0 Å². The molecule has 0 amide bonds. The highest BCUT2D eigenvalue weighted by atomic mass is 28.4. The number of hydrogen-bond donors (Lipinski definition) is 2. The molecule has 2 atom stereocenters. The molecule has 1 aliphatic heterocycles. The van der Waals surface area contributed by atoms with Gasteiger partial charge in [0.1, 0.15) is 5.60 Å². The Labute approximate surface area is 111 Å². The van der Waals surface area contributed by atoms with Crippen molar-refractivity contribution < 1.29 is 19.4 Å². The normalized spacial score (nSPS) is 31.2. The van der Waals surface area contributed by atoms with Gasteiger partial charge in [0.05, 0.1) is 12.7 Å². The van der Waals surface area contributed by atoms with Gasteiger partial charge in [-0.1, -0.05) is 20.8 Å². The van der Waals surface area contributed by atoms with Crippen LogP contribution in [0.3, 0.4) is 0 Å². The van der Waals surface area contributed by atoms with Gasteiger partial charge in [0.2, 0.25) is 0 Å². The van der Waals surface area contributed by atoms with Gasteiger partial charge in [0, 0.05) is 19.6 Å². The van der Waals surface area contributed by atoms with Gasteiger partial charge in [-0.2, -0.15) is 0 Å². The first-order chi connectivity index (χ1) is 8.12. The Kier molecular flexibility index (Phi) is 5.00. The Balaban J connectivity index is 2.85. The number of ether oxygens (including phenoxy) is 1. The molecule has 108 valence electrons. The predicted octanol–water partition coefficient (Wildman–Crippen LogP) is 1.91. The molecule has 1 saturated heterocycles. The van der Waals surface area contributed by atoms with Crippen LogP contribution in [0.5, 0.6) is 0 Å². The highest BCUT2D eigenvalue weighted by Crippen LogP contribution is 2.39. The summed E-state index contributed by atoms with van der Waals surface area (Å²) in [6.45, 7) is 11.6. The van der Waals surface area contributed by atoms with Gasteiger partial charge >= 0.3 is 0 Å². The number of aliphatic hydroxyl groups is 2. The molecule has 18 heavy (non-hydrogen) atoms. The predicted molar refractivity (Wildman–Crippen MR) is 74.2 cm³/mol. The zero-order valence-electron chi connectivity index (χ0n) is 12.3. The second-order valence-electron chi connectivity index (χ2n) is 6.78. The van der Waals surface area contributed by atoms with Crippen molar-refractivity contribution in [2.75, 3.05) is 19.8 Å². The van der Waals surface area contributed by atoms with E-state index in [4.69, 9.17) is 9.16 Å². The van der Waals surface area contributed by atoms with Crippen LogP contribution in [0.2, 0.25) is 18.1 Å². The summed E-state index contributed by atoms with van der Waals surface area (Å²) in [5.41, 5.74) is -1.16. The van der Waals surface area contributed by atoms with Crippen molar-refractivity contribution in [3.63, 3.8) is 0 Å². The van der Waals surface area contributed by atoms with E-state index in [1.165, 1.54) is 0 Å². The average molecular weight is 276 g/mol. The fourth-order valence-corrected chi connectivity index (χ4v) is 3.25. The summed E-state index contributed by atoms with van der Waals surface area (Å²) in [5, 5.41) is 20.1. The Bertz CT molecular complexity index is 275. The molecule has 0 radical (unpaired) electrons. The fraction of sp³-hybridized carbons (Fsp3) is 1.00. The van der Waals surface area contributed by atoms with Gasteiger partial charge in [-0.3, -0.25) is 0 Å². The lowest BCUT2D eigenvalue weighted by Gasteiger charge is -2.43. The highest BCUT2D eigenvalue weighted by Gasteiger charge is 2.45. The summed E-state index contributed by atoms with van der Waals surface area (Å²) in [6, 6.07) is 0. The summed E-state index contributed by atoms with van der Waals surface area (Å²) in [7, 11) is -1.95. The van der Waals surface area contributed by atoms with Gasteiger partial charge in [-0.05, 0) is 24.6 Å². The first-order valence-electron chi connectivity index (χ1n) is 6.71. The minimum Gasteiger partial charge on any atom is -0.411 e. The Morgan fingerprint density at radius 2 is 1.94 bits per heavy atom. The van der Waals surface area contributed by atoms with Crippen molar-refractivity contribution in [3.8, 4) is 0 Å². The molecule has 2 unspecified atom stereocenters. The maximum atomic E-state index is 10.5. The van der Waals surface area contributed by atoms with Crippen LogP contribution < -0.4 is 0 Å². The lowest BCUT2D eigenvalue weighted by Crippen LogP contribution is -2.54. The Morgan fingerprint density at radius 1 is 1.33 bits per heavy atom. The average Bonchev–Trinajstić information content (AvgIpc) is 2.41. The monoisotopic (exact) mass is 276 g/mol. The van der Waals surface area contributed by atoms with Crippen molar-refractivity contribution in [1.82, 2.24) is 0 Å². The molecule has 0 aromatic heterocycles. The molecule has 0 spiro atoms. The summed E-state index contributed by atoms with van der Waals surface area (Å²) in [5.74, 6) is 0. The number of hydrogen-bond acceptors (Lipinski definition) is 4. The van der Waals surface area contributed by atoms with Crippen molar-refractivity contribution >= 4 is 8.32 Å². The minimum absolute atomic E-state index is 0.0938. The lowest BCUT2D eigenvalue weighted by atomic mass is 9.93. The molecule has 5 heteroatoms. The molecule has 0 aliphatic carbocycles.